The Morgan fingerprint density at radius 2 is 2.47 bits per heavy atom. The fourth-order valence-corrected chi connectivity index (χ4v) is 2.59. The van der Waals surface area contributed by atoms with Gasteiger partial charge < -0.3 is 14.2 Å². The minimum Gasteiger partial charge on any atom is -0.381 e. The molecule has 1 fully saturated rings. The summed E-state index contributed by atoms with van der Waals surface area (Å²) >= 11 is 0. The summed E-state index contributed by atoms with van der Waals surface area (Å²) in [6, 6.07) is 0. The number of rotatable bonds is 1. The molecule has 2 aliphatic rings. The monoisotopic (exact) mass is 235 g/mol. The van der Waals surface area contributed by atoms with Crippen molar-refractivity contribution in [2.45, 2.75) is 19.4 Å². The van der Waals surface area contributed by atoms with E-state index in [1.165, 1.54) is 5.69 Å². The van der Waals surface area contributed by atoms with E-state index in [0.29, 0.717) is 13.2 Å². The third kappa shape index (κ3) is 1.84. The molecule has 1 aromatic heterocycles. The number of nitrogens with zero attached hydrogens (tertiary/aromatic N) is 3. The van der Waals surface area contributed by atoms with Gasteiger partial charge in [-0.1, -0.05) is 0 Å². The third-order valence-corrected chi connectivity index (χ3v) is 3.70. The van der Waals surface area contributed by atoms with Gasteiger partial charge in [-0.3, -0.25) is 4.79 Å². The fourth-order valence-electron chi connectivity index (χ4n) is 2.59. The van der Waals surface area contributed by atoms with Gasteiger partial charge in [0.25, 0.3) is 0 Å². The summed E-state index contributed by atoms with van der Waals surface area (Å²) in [4.78, 5) is 18.6. The number of carbonyl (C=O) groups is 1. The number of carbonyl (C=O) groups excluding carboxylic acids is 1. The van der Waals surface area contributed by atoms with Crippen molar-refractivity contribution in [2.24, 2.45) is 13.0 Å². The molecule has 1 aromatic rings. The number of amides is 1. The molecule has 5 nitrogen and oxygen atoms in total. The van der Waals surface area contributed by atoms with Crippen LogP contribution in [0.25, 0.3) is 0 Å². The average molecular weight is 235 g/mol. The van der Waals surface area contributed by atoms with Crippen LogP contribution in [0.4, 0.5) is 0 Å². The van der Waals surface area contributed by atoms with E-state index in [4.69, 9.17) is 4.74 Å². The van der Waals surface area contributed by atoms with E-state index in [-0.39, 0.29) is 11.8 Å². The molecule has 3 heterocycles. The van der Waals surface area contributed by atoms with Gasteiger partial charge in [0, 0.05) is 26.6 Å². The maximum absolute atomic E-state index is 12.3. The third-order valence-electron chi connectivity index (χ3n) is 3.70. The Bertz CT molecular complexity index is 435. The highest BCUT2D eigenvalue weighted by Crippen LogP contribution is 2.21. The molecule has 0 spiro atoms. The van der Waals surface area contributed by atoms with E-state index in [1.54, 1.807) is 0 Å². The summed E-state index contributed by atoms with van der Waals surface area (Å²) in [6.45, 7) is 2.80. The van der Waals surface area contributed by atoms with Crippen LogP contribution in [0.5, 0.6) is 0 Å². The maximum Gasteiger partial charge on any atom is 0.228 e. The molecule has 3 rings (SSSR count). The molecule has 0 saturated carbocycles. The SMILES string of the molecule is Cn1cnc2c1CN(C(=O)C1CCOC1)CC2. The van der Waals surface area contributed by atoms with Crippen molar-refractivity contribution in [2.75, 3.05) is 19.8 Å². The predicted octanol–water partition coefficient (Wildman–Crippen LogP) is 0.341. The summed E-state index contributed by atoms with van der Waals surface area (Å²) in [6.07, 6.45) is 3.57. The van der Waals surface area contributed by atoms with Crippen LogP contribution in [0.1, 0.15) is 17.8 Å². The molecule has 0 N–H and O–H groups in total. The van der Waals surface area contributed by atoms with Crippen LogP contribution in [0, 0.1) is 5.92 Å². The van der Waals surface area contributed by atoms with Crippen molar-refractivity contribution in [3.63, 3.8) is 0 Å². The first kappa shape index (κ1) is 10.8. The molecule has 5 heteroatoms. The molecule has 1 amide bonds. The Morgan fingerprint density at radius 3 is 3.24 bits per heavy atom. The fraction of sp³-hybridized carbons (Fsp3) is 0.667. The Morgan fingerprint density at radius 1 is 1.59 bits per heavy atom. The number of imidazole rings is 1. The minimum absolute atomic E-state index is 0.0739. The van der Waals surface area contributed by atoms with E-state index in [2.05, 4.69) is 4.98 Å². The number of ether oxygens (including phenoxy) is 1. The van der Waals surface area contributed by atoms with E-state index >= 15 is 0 Å². The molecule has 0 bridgehead atoms. The highest BCUT2D eigenvalue weighted by Gasteiger charge is 2.31. The Kier molecular flexibility index (Phi) is 2.63. The number of fused-ring (bicyclic) bond motifs is 1. The van der Waals surface area contributed by atoms with Gasteiger partial charge >= 0.3 is 0 Å². The molecular weight excluding hydrogens is 218 g/mol. The molecule has 1 unspecified atom stereocenters. The number of aryl methyl sites for hydroxylation is 1. The van der Waals surface area contributed by atoms with Gasteiger partial charge in [-0.15, -0.1) is 0 Å². The summed E-state index contributed by atoms with van der Waals surface area (Å²) in [5.74, 6) is 0.319. The van der Waals surface area contributed by atoms with Crippen LogP contribution in [0.3, 0.4) is 0 Å². The van der Waals surface area contributed by atoms with Crippen molar-refractivity contribution in [3.8, 4) is 0 Å². The van der Waals surface area contributed by atoms with Gasteiger partial charge in [-0.2, -0.15) is 0 Å². The van der Waals surface area contributed by atoms with Gasteiger partial charge in [-0.05, 0) is 6.42 Å². The zero-order chi connectivity index (χ0) is 11.8. The smallest absolute Gasteiger partial charge is 0.228 e. The lowest BCUT2D eigenvalue weighted by Crippen LogP contribution is -2.40. The van der Waals surface area contributed by atoms with Crippen LogP contribution >= 0.6 is 0 Å². The van der Waals surface area contributed by atoms with Gasteiger partial charge in [0.2, 0.25) is 5.91 Å². The number of aromatic nitrogens is 2. The molecule has 2 aliphatic heterocycles. The standard InChI is InChI=1S/C12H17N3O2/c1-14-8-13-10-2-4-15(6-11(10)14)12(16)9-3-5-17-7-9/h8-9H,2-7H2,1H3. The first-order valence-electron chi connectivity index (χ1n) is 6.11. The summed E-state index contributed by atoms with van der Waals surface area (Å²) in [5.41, 5.74) is 2.31. The Balaban J connectivity index is 1.74. The first-order valence-corrected chi connectivity index (χ1v) is 6.11. The Hall–Kier alpha value is -1.36. The van der Waals surface area contributed by atoms with Crippen LogP contribution in [-0.4, -0.2) is 40.1 Å². The molecule has 17 heavy (non-hydrogen) atoms. The molecule has 0 aromatic carbocycles. The van der Waals surface area contributed by atoms with Crippen LogP contribution < -0.4 is 0 Å². The highest BCUT2D eigenvalue weighted by atomic mass is 16.5. The largest absolute Gasteiger partial charge is 0.381 e. The average Bonchev–Trinajstić information content (AvgIpc) is 2.98. The highest BCUT2D eigenvalue weighted by molar-refractivity contribution is 5.79. The molecular formula is C12H17N3O2. The maximum atomic E-state index is 12.3. The predicted molar refractivity (Wildman–Crippen MR) is 61.3 cm³/mol. The van der Waals surface area contributed by atoms with Crippen molar-refractivity contribution in [1.82, 2.24) is 14.5 Å². The van der Waals surface area contributed by atoms with Crippen molar-refractivity contribution >= 4 is 5.91 Å². The van der Waals surface area contributed by atoms with Crippen molar-refractivity contribution in [1.29, 1.82) is 0 Å². The second-order valence-corrected chi connectivity index (χ2v) is 4.82. The van der Waals surface area contributed by atoms with Crippen LogP contribution in [0.15, 0.2) is 6.33 Å². The van der Waals surface area contributed by atoms with E-state index in [0.717, 1.165) is 31.7 Å². The Labute approximate surface area is 100 Å². The summed E-state index contributed by atoms with van der Waals surface area (Å²) in [5, 5.41) is 0. The van der Waals surface area contributed by atoms with E-state index < -0.39 is 0 Å². The number of hydrogen-bond acceptors (Lipinski definition) is 3. The first-order chi connectivity index (χ1) is 8.25. The van der Waals surface area contributed by atoms with Gasteiger partial charge in [0.1, 0.15) is 0 Å². The van der Waals surface area contributed by atoms with Gasteiger partial charge in [-0.25, -0.2) is 4.98 Å². The van der Waals surface area contributed by atoms with Gasteiger partial charge in [0.05, 0.1) is 36.8 Å². The second kappa shape index (κ2) is 4.14. The quantitative estimate of drug-likeness (QED) is 0.705. The van der Waals surface area contributed by atoms with Gasteiger partial charge in [0.15, 0.2) is 0 Å². The lowest BCUT2D eigenvalue weighted by molar-refractivity contribution is -0.136. The molecule has 0 aliphatic carbocycles. The summed E-state index contributed by atoms with van der Waals surface area (Å²) in [7, 11) is 1.98. The van der Waals surface area contributed by atoms with Crippen molar-refractivity contribution in [3.05, 3.63) is 17.7 Å². The lowest BCUT2D eigenvalue weighted by atomic mass is 10.0. The van der Waals surface area contributed by atoms with E-state index in [9.17, 15) is 4.79 Å². The minimum atomic E-state index is 0.0739. The molecule has 1 atom stereocenters. The van der Waals surface area contributed by atoms with Crippen LogP contribution in [-0.2, 0) is 29.5 Å². The number of hydrogen-bond donors (Lipinski definition) is 0. The topological polar surface area (TPSA) is 47.4 Å². The lowest BCUT2D eigenvalue weighted by Gasteiger charge is -2.29. The zero-order valence-electron chi connectivity index (χ0n) is 10.1. The zero-order valence-corrected chi connectivity index (χ0v) is 10.1. The van der Waals surface area contributed by atoms with Crippen LogP contribution in [0.2, 0.25) is 0 Å². The normalized spacial score (nSPS) is 23.8. The second-order valence-electron chi connectivity index (χ2n) is 4.82. The summed E-state index contributed by atoms with van der Waals surface area (Å²) < 4.78 is 7.30. The van der Waals surface area contributed by atoms with E-state index in [1.807, 2.05) is 22.8 Å². The molecule has 0 radical (unpaired) electrons. The molecule has 1 saturated heterocycles. The van der Waals surface area contributed by atoms with Crippen molar-refractivity contribution < 1.29 is 9.53 Å². The molecule has 92 valence electrons.